The van der Waals surface area contributed by atoms with Gasteiger partial charge in [0, 0.05) is 48.2 Å². The van der Waals surface area contributed by atoms with Crippen molar-refractivity contribution in [3.8, 4) is 0 Å². The van der Waals surface area contributed by atoms with Crippen LogP contribution in [0.25, 0.3) is 10.9 Å². The zero-order valence-electron chi connectivity index (χ0n) is 15.5. The van der Waals surface area contributed by atoms with Gasteiger partial charge in [-0.25, -0.2) is 8.78 Å². The first-order chi connectivity index (χ1) is 12.5. The number of hydrogen-bond donors (Lipinski definition) is 0. The van der Waals surface area contributed by atoms with Gasteiger partial charge in [-0.05, 0) is 56.6 Å². The molecule has 136 valence electrons. The highest BCUT2D eigenvalue weighted by atomic mass is 19.1. The predicted molar refractivity (Wildman–Crippen MR) is 101 cm³/mol. The SMILES string of the molecule is Cc1ccc2c(c1)c1c(n2CCc2ccc(F)cc2F)CCN(C)C1C. The van der Waals surface area contributed by atoms with Gasteiger partial charge in [0.05, 0.1) is 0 Å². The summed E-state index contributed by atoms with van der Waals surface area (Å²) in [5, 5.41) is 1.30. The van der Waals surface area contributed by atoms with Crippen LogP contribution < -0.4 is 0 Å². The summed E-state index contributed by atoms with van der Waals surface area (Å²) in [5.41, 5.74) is 5.79. The molecule has 0 fully saturated rings. The largest absolute Gasteiger partial charge is 0.344 e. The van der Waals surface area contributed by atoms with Gasteiger partial charge in [-0.1, -0.05) is 17.7 Å². The number of halogens is 2. The zero-order chi connectivity index (χ0) is 18.4. The smallest absolute Gasteiger partial charge is 0.129 e. The molecule has 0 aliphatic carbocycles. The molecule has 2 nitrogen and oxygen atoms in total. The number of fused-ring (bicyclic) bond motifs is 3. The van der Waals surface area contributed by atoms with Crippen LogP contribution in [0.2, 0.25) is 0 Å². The molecule has 4 heteroatoms. The highest BCUT2D eigenvalue weighted by Crippen LogP contribution is 2.37. The van der Waals surface area contributed by atoms with E-state index in [1.54, 1.807) is 6.07 Å². The van der Waals surface area contributed by atoms with Gasteiger partial charge in [0.25, 0.3) is 0 Å². The summed E-state index contributed by atoms with van der Waals surface area (Å²) in [7, 11) is 2.17. The lowest BCUT2D eigenvalue weighted by Gasteiger charge is -2.31. The van der Waals surface area contributed by atoms with Crippen molar-refractivity contribution >= 4 is 10.9 Å². The van der Waals surface area contributed by atoms with E-state index in [0.29, 0.717) is 24.6 Å². The number of nitrogens with zero attached hydrogens (tertiary/aromatic N) is 2. The van der Waals surface area contributed by atoms with Crippen LogP contribution in [0.1, 0.15) is 35.3 Å². The Morgan fingerprint density at radius 3 is 2.69 bits per heavy atom. The third-order valence-electron chi connectivity index (χ3n) is 5.77. The van der Waals surface area contributed by atoms with Crippen LogP contribution in [0.5, 0.6) is 0 Å². The number of likely N-dealkylation sites (N-methyl/N-ethyl adjacent to an activating group) is 1. The van der Waals surface area contributed by atoms with E-state index in [4.69, 9.17) is 0 Å². The molecule has 0 amide bonds. The molecule has 0 saturated carbocycles. The van der Waals surface area contributed by atoms with Crippen molar-refractivity contribution in [1.29, 1.82) is 0 Å². The van der Waals surface area contributed by atoms with Crippen LogP contribution in [-0.4, -0.2) is 23.1 Å². The molecule has 26 heavy (non-hydrogen) atoms. The fraction of sp³-hybridized carbons (Fsp3) is 0.364. The van der Waals surface area contributed by atoms with Crippen LogP contribution in [0.15, 0.2) is 36.4 Å². The van der Waals surface area contributed by atoms with Gasteiger partial charge >= 0.3 is 0 Å². The number of aryl methyl sites for hydroxylation is 3. The van der Waals surface area contributed by atoms with Crippen LogP contribution in [-0.2, 0) is 19.4 Å². The van der Waals surface area contributed by atoms with E-state index < -0.39 is 11.6 Å². The van der Waals surface area contributed by atoms with Crippen molar-refractivity contribution in [3.63, 3.8) is 0 Å². The minimum absolute atomic E-state index is 0.367. The second-order valence-corrected chi connectivity index (χ2v) is 7.42. The molecule has 2 aromatic carbocycles. The van der Waals surface area contributed by atoms with Crippen molar-refractivity contribution in [1.82, 2.24) is 9.47 Å². The van der Waals surface area contributed by atoms with Gasteiger partial charge in [-0.3, -0.25) is 4.90 Å². The molecule has 0 saturated heterocycles. The molecular weight excluding hydrogens is 330 g/mol. The van der Waals surface area contributed by atoms with Gasteiger partial charge in [0.2, 0.25) is 0 Å². The highest BCUT2D eigenvalue weighted by Gasteiger charge is 2.27. The van der Waals surface area contributed by atoms with Crippen LogP contribution >= 0.6 is 0 Å². The van der Waals surface area contributed by atoms with E-state index >= 15 is 0 Å². The fourth-order valence-electron chi connectivity index (χ4n) is 4.19. The molecule has 0 radical (unpaired) electrons. The fourth-order valence-corrected chi connectivity index (χ4v) is 4.19. The minimum Gasteiger partial charge on any atom is -0.344 e. The number of hydrogen-bond acceptors (Lipinski definition) is 1. The van der Waals surface area contributed by atoms with Crippen molar-refractivity contribution in [2.75, 3.05) is 13.6 Å². The summed E-state index contributed by atoms with van der Waals surface area (Å²) < 4.78 is 29.5. The molecule has 3 aromatic rings. The molecule has 1 aromatic heterocycles. The molecular formula is C22H24F2N2. The van der Waals surface area contributed by atoms with E-state index in [2.05, 4.69) is 48.6 Å². The first-order valence-corrected chi connectivity index (χ1v) is 9.21. The second kappa shape index (κ2) is 6.51. The molecule has 1 atom stereocenters. The average molecular weight is 354 g/mol. The summed E-state index contributed by atoms with van der Waals surface area (Å²) in [6, 6.07) is 10.8. The summed E-state index contributed by atoms with van der Waals surface area (Å²) in [6.45, 7) is 6.10. The van der Waals surface area contributed by atoms with Gasteiger partial charge in [0.15, 0.2) is 0 Å². The van der Waals surface area contributed by atoms with Gasteiger partial charge in [0.1, 0.15) is 11.6 Å². The Bertz CT molecular complexity index is 974. The maximum Gasteiger partial charge on any atom is 0.129 e. The Labute approximate surface area is 153 Å². The first-order valence-electron chi connectivity index (χ1n) is 9.21. The van der Waals surface area contributed by atoms with Crippen molar-refractivity contribution in [2.24, 2.45) is 0 Å². The van der Waals surface area contributed by atoms with Gasteiger partial charge in [-0.15, -0.1) is 0 Å². The van der Waals surface area contributed by atoms with E-state index in [-0.39, 0.29) is 0 Å². The first kappa shape index (κ1) is 17.2. The molecule has 1 aliphatic rings. The maximum atomic E-state index is 14.0. The molecule has 0 bridgehead atoms. The van der Waals surface area contributed by atoms with Crippen LogP contribution in [0.4, 0.5) is 8.78 Å². The Morgan fingerprint density at radius 2 is 1.92 bits per heavy atom. The lowest BCUT2D eigenvalue weighted by atomic mass is 9.97. The molecule has 0 spiro atoms. The van der Waals surface area contributed by atoms with Crippen molar-refractivity contribution in [2.45, 2.75) is 39.3 Å². The zero-order valence-corrected chi connectivity index (χ0v) is 15.5. The third kappa shape index (κ3) is 2.82. The van der Waals surface area contributed by atoms with Crippen molar-refractivity contribution in [3.05, 3.63) is 70.4 Å². The molecule has 1 aliphatic heterocycles. The molecule has 4 rings (SSSR count). The third-order valence-corrected chi connectivity index (χ3v) is 5.77. The highest BCUT2D eigenvalue weighted by molar-refractivity contribution is 5.87. The molecule has 0 N–H and O–H groups in total. The summed E-state index contributed by atoms with van der Waals surface area (Å²) in [5.74, 6) is -0.985. The Balaban J connectivity index is 1.77. The van der Waals surface area contributed by atoms with Crippen LogP contribution in [0.3, 0.4) is 0 Å². The molecule has 1 unspecified atom stereocenters. The van der Waals surface area contributed by atoms with E-state index in [1.807, 2.05) is 0 Å². The number of rotatable bonds is 3. The second-order valence-electron chi connectivity index (χ2n) is 7.42. The topological polar surface area (TPSA) is 8.17 Å². The van der Waals surface area contributed by atoms with E-state index in [9.17, 15) is 8.78 Å². The van der Waals surface area contributed by atoms with E-state index in [1.165, 1.54) is 33.8 Å². The monoisotopic (exact) mass is 354 g/mol. The summed E-state index contributed by atoms with van der Waals surface area (Å²) in [6.07, 6.45) is 1.55. The number of aromatic nitrogens is 1. The minimum atomic E-state index is -0.526. The van der Waals surface area contributed by atoms with E-state index in [0.717, 1.165) is 19.0 Å². The van der Waals surface area contributed by atoms with Gasteiger partial charge < -0.3 is 4.57 Å². The Hall–Kier alpha value is -2.20. The van der Waals surface area contributed by atoms with Gasteiger partial charge in [-0.2, -0.15) is 0 Å². The lowest BCUT2D eigenvalue weighted by Crippen LogP contribution is -2.31. The Kier molecular flexibility index (Phi) is 4.31. The lowest BCUT2D eigenvalue weighted by molar-refractivity contribution is 0.245. The number of benzene rings is 2. The standard InChI is InChI=1S/C22H24F2N2/c1-14-4-7-20-18(12-14)22-15(2)25(3)10-9-21(22)26(20)11-8-16-5-6-17(23)13-19(16)24/h4-7,12-13,15H,8-11H2,1-3H3. The Morgan fingerprint density at radius 1 is 1.12 bits per heavy atom. The summed E-state index contributed by atoms with van der Waals surface area (Å²) >= 11 is 0. The predicted octanol–water partition coefficient (Wildman–Crippen LogP) is 5.02. The average Bonchev–Trinajstić information content (AvgIpc) is 2.91. The maximum absolute atomic E-state index is 14.0. The van der Waals surface area contributed by atoms with Crippen molar-refractivity contribution < 1.29 is 8.78 Å². The summed E-state index contributed by atoms with van der Waals surface area (Å²) in [4.78, 5) is 2.38. The van der Waals surface area contributed by atoms with Crippen LogP contribution in [0, 0.1) is 18.6 Å². The normalized spacial score (nSPS) is 17.7. The quantitative estimate of drug-likeness (QED) is 0.641. The molecule has 2 heterocycles.